The highest BCUT2D eigenvalue weighted by molar-refractivity contribution is 5.79. The van der Waals surface area contributed by atoms with Crippen LogP contribution in [0.3, 0.4) is 0 Å². The Hall–Kier alpha value is -2.54. The van der Waals surface area contributed by atoms with Gasteiger partial charge in [0.25, 0.3) is 0 Å². The van der Waals surface area contributed by atoms with Crippen molar-refractivity contribution in [3.8, 4) is 5.75 Å². The van der Waals surface area contributed by atoms with Crippen molar-refractivity contribution in [2.24, 2.45) is 0 Å². The van der Waals surface area contributed by atoms with Crippen LogP contribution in [0.25, 0.3) is 0 Å². The van der Waals surface area contributed by atoms with Crippen LogP contribution in [0.5, 0.6) is 5.75 Å². The van der Waals surface area contributed by atoms with Crippen molar-refractivity contribution in [1.82, 2.24) is 9.80 Å². The standard InChI is InChI=1S/C19H19F3N2O2/c1-26-18-5-3-13(9-17(18)22)10-23-6-7-24(19(25)12-23)11-14-2-4-15(20)16(21)8-14/h2-5,8-9H,6-7,10-12H2,1H3. The molecule has 0 saturated carbocycles. The van der Waals surface area contributed by atoms with Crippen LogP contribution in [0, 0.1) is 17.5 Å². The fourth-order valence-electron chi connectivity index (χ4n) is 2.98. The van der Waals surface area contributed by atoms with Gasteiger partial charge < -0.3 is 9.64 Å². The molecule has 1 aliphatic heterocycles. The SMILES string of the molecule is COc1ccc(CN2CCN(Cc3ccc(F)c(F)c3)C(=O)C2)cc1F. The number of methoxy groups -OCH3 is 1. The zero-order valence-corrected chi connectivity index (χ0v) is 14.3. The maximum Gasteiger partial charge on any atom is 0.237 e. The van der Waals surface area contributed by atoms with Gasteiger partial charge >= 0.3 is 0 Å². The summed E-state index contributed by atoms with van der Waals surface area (Å²) in [6.07, 6.45) is 0. The molecule has 0 bridgehead atoms. The van der Waals surface area contributed by atoms with Gasteiger partial charge in [-0.1, -0.05) is 12.1 Å². The minimum Gasteiger partial charge on any atom is -0.494 e. The Morgan fingerprint density at radius 2 is 1.62 bits per heavy atom. The van der Waals surface area contributed by atoms with Crippen molar-refractivity contribution in [2.75, 3.05) is 26.7 Å². The highest BCUT2D eigenvalue weighted by atomic mass is 19.2. The Kier molecular flexibility index (Phi) is 5.46. The Bertz CT molecular complexity index is 813. The zero-order chi connectivity index (χ0) is 18.7. The van der Waals surface area contributed by atoms with Crippen LogP contribution in [0.2, 0.25) is 0 Å². The lowest BCUT2D eigenvalue weighted by molar-refractivity contribution is -0.136. The first-order valence-electron chi connectivity index (χ1n) is 8.22. The number of carbonyl (C=O) groups is 1. The molecule has 2 aromatic rings. The summed E-state index contributed by atoms with van der Waals surface area (Å²) in [6, 6.07) is 8.36. The average Bonchev–Trinajstić information content (AvgIpc) is 2.61. The summed E-state index contributed by atoms with van der Waals surface area (Å²) < 4.78 is 45.0. The van der Waals surface area contributed by atoms with E-state index < -0.39 is 17.5 Å². The molecule has 4 nitrogen and oxygen atoms in total. The minimum atomic E-state index is -0.921. The Morgan fingerprint density at radius 3 is 2.27 bits per heavy atom. The highest BCUT2D eigenvalue weighted by Crippen LogP contribution is 2.20. The molecule has 1 fully saturated rings. The van der Waals surface area contributed by atoms with Crippen molar-refractivity contribution >= 4 is 5.91 Å². The average molecular weight is 364 g/mol. The van der Waals surface area contributed by atoms with E-state index in [9.17, 15) is 18.0 Å². The van der Waals surface area contributed by atoms with Gasteiger partial charge in [-0.2, -0.15) is 0 Å². The molecule has 1 heterocycles. The molecule has 0 N–H and O–H groups in total. The number of ether oxygens (including phenoxy) is 1. The first-order valence-corrected chi connectivity index (χ1v) is 8.22. The number of rotatable bonds is 5. The zero-order valence-electron chi connectivity index (χ0n) is 14.3. The molecule has 7 heteroatoms. The van der Waals surface area contributed by atoms with Crippen molar-refractivity contribution in [3.63, 3.8) is 0 Å². The van der Waals surface area contributed by atoms with Crippen molar-refractivity contribution in [1.29, 1.82) is 0 Å². The maximum absolute atomic E-state index is 13.8. The van der Waals surface area contributed by atoms with Crippen LogP contribution in [-0.4, -0.2) is 42.5 Å². The lowest BCUT2D eigenvalue weighted by Crippen LogP contribution is -2.49. The molecule has 0 spiro atoms. The van der Waals surface area contributed by atoms with E-state index in [2.05, 4.69) is 0 Å². The summed E-state index contributed by atoms with van der Waals surface area (Å²) in [4.78, 5) is 15.9. The van der Waals surface area contributed by atoms with E-state index >= 15 is 0 Å². The molecule has 0 atom stereocenters. The van der Waals surface area contributed by atoms with Crippen LogP contribution in [-0.2, 0) is 17.9 Å². The van der Waals surface area contributed by atoms with Gasteiger partial charge in [-0.3, -0.25) is 9.69 Å². The predicted octanol–water partition coefficient (Wildman–Crippen LogP) is 2.96. The maximum atomic E-state index is 13.8. The van der Waals surface area contributed by atoms with Gasteiger partial charge in [-0.25, -0.2) is 13.2 Å². The van der Waals surface area contributed by atoms with Gasteiger partial charge in [-0.05, 0) is 35.4 Å². The summed E-state index contributed by atoms with van der Waals surface area (Å²) in [7, 11) is 1.41. The largest absolute Gasteiger partial charge is 0.494 e. The lowest BCUT2D eigenvalue weighted by atomic mass is 10.1. The van der Waals surface area contributed by atoms with Gasteiger partial charge in [0.15, 0.2) is 23.2 Å². The summed E-state index contributed by atoms with van der Waals surface area (Å²) in [5, 5.41) is 0. The van der Waals surface area contributed by atoms with Crippen LogP contribution in [0.15, 0.2) is 36.4 Å². The lowest BCUT2D eigenvalue weighted by Gasteiger charge is -2.34. The number of halogens is 3. The van der Waals surface area contributed by atoms with E-state index in [4.69, 9.17) is 4.74 Å². The van der Waals surface area contributed by atoms with Crippen molar-refractivity contribution in [3.05, 3.63) is 65.0 Å². The first kappa shape index (κ1) is 18.3. The fourth-order valence-corrected chi connectivity index (χ4v) is 2.98. The molecule has 1 saturated heterocycles. The molecular formula is C19H19F3N2O2. The molecule has 3 rings (SSSR count). The second-order valence-corrected chi connectivity index (χ2v) is 6.24. The second-order valence-electron chi connectivity index (χ2n) is 6.24. The monoisotopic (exact) mass is 364 g/mol. The fraction of sp³-hybridized carbons (Fsp3) is 0.316. The van der Waals surface area contributed by atoms with Crippen LogP contribution < -0.4 is 4.74 Å². The van der Waals surface area contributed by atoms with Crippen molar-refractivity contribution < 1.29 is 22.7 Å². The van der Waals surface area contributed by atoms with E-state index in [-0.39, 0.29) is 24.7 Å². The highest BCUT2D eigenvalue weighted by Gasteiger charge is 2.24. The number of hydrogen-bond donors (Lipinski definition) is 0. The Morgan fingerprint density at radius 1 is 0.923 bits per heavy atom. The Balaban J connectivity index is 1.58. The van der Waals surface area contributed by atoms with Gasteiger partial charge in [-0.15, -0.1) is 0 Å². The molecule has 0 aromatic heterocycles. The van der Waals surface area contributed by atoms with Crippen molar-refractivity contribution in [2.45, 2.75) is 13.1 Å². The molecule has 2 aromatic carbocycles. The molecule has 138 valence electrons. The quantitative estimate of drug-likeness (QED) is 0.818. The van der Waals surface area contributed by atoms with Crippen LogP contribution in [0.1, 0.15) is 11.1 Å². The van der Waals surface area contributed by atoms with Gasteiger partial charge in [0.2, 0.25) is 5.91 Å². The molecular weight excluding hydrogens is 345 g/mol. The van der Waals surface area contributed by atoms with E-state index in [0.29, 0.717) is 25.2 Å². The first-order chi connectivity index (χ1) is 12.5. The third kappa shape index (κ3) is 4.16. The van der Waals surface area contributed by atoms with Gasteiger partial charge in [0.1, 0.15) is 0 Å². The van der Waals surface area contributed by atoms with E-state index in [1.807, 2.05) is 4.90 Å². The topological polar surface area (TPSA) is 32.8 Å². The summed E-state index contributed by atoms with van der Waals surface area (Å²) in [5.74, 6) is -2.18. The minimum absolute atomic E-state index is 0.102. The predicted molar refractivity (Wildman–Crippen MR) is 90.0 cm³/mol. The van der Waals surface area contributed by atoms with E-state index in [1.54, 1.807) is 17.0 Å². The van der Waals surface area contributed by atoms with Gasteiger partial charge in [0.05, 0.1) is 13.7 Å². The van der Waals surface area contributed by atoms with Crippen LogP contribution in [0.4, 0.5) is 13.2 Å². The summed E-state index contributed by atoms with van der Waals surface area (Å²) in [6.45, 7) is 1.96. The number of carbonyl (C=O) groups excluding carboxylic acids is 1. The molecule has 0 aliphatic carbocycles. The molecule has 1 amide bonds. The smallest absolute Gasteiger partial charge is 0.237 e. The third-order valence-electron chi connectivity index (χ3n) is 4.38. The number of piperazine rings is 1. The molecule has 1 aliphatic rings. The molecule has 0 unspecified atom stereocenters. The molecule has 0 radical (unpaired) electrons. The van der Waals surface area contributed by atoms with Gasteiger partial charge in [0, 0.05) is 26.2 Å². The van der Waals surface area contributed by atoms with E-state index in [0.717, 1.165) is 17.7 Å². The second kappa shape index (κ2) is 7.78. The normalized spacial score (nSPS) is 15.4. The summed E-state index contributed by atoms with van der Waals surface area (Å²) in [5.41, 5.74) is 1.30. The number of benzene rings is 2. The summed E-state index contributed by atoms with van der Waals surface area (Å²) >= 11 is 0. The number of amides is 1. The number of nitrogens with zero attached hydrogens (tertiary/aromatic N) is 2. The third-order valence-corrected chi connectivity index (χ3v) is 4.38. The Labute approximate surface area is 149 Å². The van der Waals surface area contributed by atoms with E-state index in [1.165, 1.54) is 19.2 Å². The van der Waals surface area contributed by atoms with Crippen LogP contribution >= 0.6 is 0 Å². The molecule has 26 heavy (non-hydrogen) atoms. The number of hydrogen-bond acceptors (Lipinski definition) is 3.